The molecule has 0 bridgehead atoms. The topological polar surface area (TPSA) is 99.2 Å². The number of piperidine rings is 1. The van der Waals surface area contributed by atoms with Crippen molar-refractivity contribution in [3.05, 3.63) is 73.5 Å². The van der Waals surface area contributed by atoms with Crippen molar-refractivity contribution in [2.75, 3.05) is 18.8 Å². The lowest BCUT2D eigenvalue weighted by molar-refractivity contribution is -0.127. The third-order valence-electron chi connectivity index (χ3n) is 5.31. The molecule has 2 aromatic carbocycles. The number of likely N-dealkylation sites (tertiary alicyclic amines) is 1. The number of hydrogen-bond acceptors (Lipinski definition) is 6. The quantitative estimate of drug-likeness (QED) is 0.461. The molecule has 0 radical (unpaired) electrons. The summed E-state index contributed by atoms with van der Waals surface area (Å²) in [6.45, 7) is -3.71. The fraction of sp³-hybridized carbons (Fsp3) is 0.200. The van der Waals surface area contributed by atoms with Crippen LogP contribution in [0.2, 0.25) is 0 Å². The first kappa shape index (κ1) is 14.8. The van der Waals surface area contributed by atoms with Gasteiger partial charge in [0.15, 0.2) is 5.65 Å². The molecule has 1 atom stereocenters. The van der Waals surface area contributed by atoms with Crippen molar-refractivity contribution < 1.29 is 17.8 Å². The summed E-state index contributed by atoms with van der Waals surface area (Å²) in [5.41, 5.74) is 7.49. The normalized spacial score (nSPS) is 22.2. The van der Waals surface area contributed by atoms with Crippen LogP contribution in [-0.2, 0) is 4.79 Å². The lowest BCUT2D eigenvalue weighted by Crippen LogP contribution is -2.40. The standard InChI is InChI=1S/C25H24N6O2/c1-2-21(32)30-14-6-7-18(15-30)31-25-22(24(26)27-16-28-25)23(29-31)17-10-12-20(13-11-17)33-19-8-4-3-5-9-19/h2-5,8-13,16,18H,1,6-7,14-15H2,(H2,26,27,28)/t18-/m1/s1/i1D2,2D,14D2,18D. The van der Waals surface area contributed by atoms with Crippen LogP contribution >= 0.6 is 0 Å². The Balaban J connectivity index is 1.55. The largest absolute Gasteiger partial charge is 0.457 e. The molecule has 1 saturated heterocycles. The van der Waals surface area contributed by atoms with Crippen molar-refractivity contribution in [1.82, 2.24) is 24.6 Å². The number of fused-ring (bicyclic) bond motifs is 1. The molecule has 33 heavy (non-hydrogen) atoms. The van der Waals surface area contributed by atoms with E-state index in [1.807, 2.05) is 30.3 Å². The van der Waals surface area contributed by atoms with Gasteiger partial charge >= 0.3 is 0 Å². The molecule has 1 aliphatic rings. The van der Waals surface area contributed by atoms with Gasteiger partial charge in [-0.3, -0.25) is 4.79 Å². The van der Waals surface area contributed by atoms with E-state index in [2.05, 4.69) is 15.1 Å². The minimum atomic E-state index is -2.18. The number of nitrogens with two attached hydrogens (primary N) is 1. The van der Waals surface area contributed by atoms with Gasteiger partial charge in [0.05, 0.1) is 16.9 Å². The number of anilines is 1. The van der Waals surface area contributed by atoms with Gasteiger partial charge < -0.3 is 15.4 Å². The van der Waals surface area contributed by atoms with Crippen LogP contribution in [0.25, 0.3) is 22.3 Å². The average Bonchev–Trinajstić information content (AvgIpc) is 3.32. The van der Waals surface area contributed by atoms with Gasteiger partial charge in [-0.15, -0.1) is 0 Å². The van der Waals surface area contributed by atoms with E-state index in [-0.39, 0.29) is 24.3 Å². The second-order valence-corrected chi connectivity index (χ2v) is 7.40. The van der Waals surface area contributed by atoms with Crippen molar-refractivity contribution >= 4 is 22.8 Å². The molecule has 0 spiro atoms. The molecule has 5 rings (SSSR count). The summed E-state index contributed by atoms with van der Waals surface area (Å²) in [5, 5.41) is 5.06. The van der Waals surface area contributed by atoms with Crippen molar-refractivity contribution in [3.63, 3.8) is 0 Å². The molecule has 2 aromatic heterocycles. The predicted octanol–water partition coefficient (Wildman–Crippen LogP) is 4.22. The van der Waals surface area contributed by atoms with Crippen molar-refractivity contribution in [2.45, 2.75) is 18.9 Å². The number of nitrogens with zero attached hydrogens (tertiary/aromatic N) is 5. The molecule has 1 fully saturated rings. The van der Waals surface area contributed by atoms with E-state index in [1.54, 1.807) is 24.3 Å². The number of carbonyl (C=O) groups is 1. The lowest BCUT2D eigenvalue weighted by atomic mass is 10.1. The van der Waals surface area contributed by atoms with Gasteiger partial charge in [0.25, 0.3) is 0 Å². The second-order valence-electron chi connectivity index (χ2n) is 7.40. The van der Waals surface area contributed by atoms with Gasteiger partial charge in [-0.2, -0.15) is 5.10 Å². The summed E-state index contributed by atoms with van der Waals surface area (Å²) in [7, 11) is 0. The number of aromatic nitrogens is 4. The maximum atomic E-state index is 12.8. The van der Waals surface area contributed by atoms with Crippen molar-refractivity contribution in [3.8, 4) is 22.8 Å². The summed E-state index contributed by atoms with van der Waals surface area (Å²) in [6, 6.07) is 13.8. The molecule has 3 heterocycles. The molecular weight excluding hydrogens is 416 g/mol. The Bertz CT molecular complexity index is 1570. The molecule has 8 heteroatoms. The van der Waals surface area contributed by atoms with E-state index < -0.39 is 37.5 Å². The number of nitrogen functional groups attached to an aromatic ring is 1. The number of hydrogen-bond donors (Lipinski definition) is 1. The van der Waals surface area contributed by atoms with Crippen LogP contribution in [-0.4, -0.2) is 43.6 Å². The summed E-state index contributed by atoms with van der Waals surface area (Å²) in [4.78, 5) is 21.9. The van der Waals surface area contributed by atoms with Gasteiger partial charge in [-0.05, 0) is 55.3 Å². The first-order chi connectivity index (χ1) is 18.5. The fourth-order valence-corrected chi connectivity index (χ4v) is 3.74. The average molecular weight is 447 g/mol. The minimum Gasteiger partial charge on any atom is -0.457 e. The van der Waals surface area contributed by atoms with Gasteiger partial charge in [0, 0.05) is 21.3 Å². The summed E-state index contributed by atoms with van der Waals surface area (Å²) >= 11 is 0. The van der Waals surface area contributed by atoms with Crippen LogP contribution in [0, 0.1) is 0 Å². The lowest BCUT2D eigenvalue weighted by Gasteiger charge is -2.32. The molecule has 8 nitrogen and oxygen atoms in total. The SMILES string of the molecule is [2H]C([2H])=C([2H])C(=O)N1C[C@]([2H])(n2nc(-c3ccc(Oc4ccccc4)cc3)c3c(N)ncnc32)CCC1([2H])[2H]. The van der Waals surface area contributed by atoms with Crippen molar-refractivity contribution in [1.29, 1.82) is 0 Å². The van der Waals surface area contributed by atoms with E-state index in [1.165, 1.54) is 11.0 Å². The zero-order valence-electron chi connectivity index (χ0n) is 23.5. The molecule has 2 N–H and O–H groups in total. The highest BCUT2D eigenvalue weighted by Crippen LogP contribution is 2.34. The van der Waals surface area contributed by atoms with Crippen LogP contribution in [0.4, 0.5) is 5.82 Å². The Morgan fingerprint density at radius 1 is 1.24 bits per heavy atom. The Morgan fingerprint density at radius 2 is 2.03 bits per heavy atom. The molecule has 4 aromatic rings. The summed E-state index contributed by atoms with van der Waals surface area (Å²) in [5.74, 6) is 0.272. The summed E-state index contributed by atoms with van der Waals surface area (Å²) < 4.78 is 55.4. The molecule has 0 saturated carbocycles. The van der Waals surface area contributed by atoms with E-state index in [4.69, 9.17) is 17.3 Å². The van der Waals surface area contributed by atoms with Crippen LogP contribution in [0.5, 0.6) is 11.5 Å². The number of para-hydroxylation sites is 1. The molecular formula is C25H24N6O2. The van der Waals surface area contributed by atoms with Gasteiger partial charge in [-0.1, -0.05) is 24.7 Å². The summed E-state index contributed by atoms with van der Waals surface area (Å²) in [6.07, 6.45) is 0.977. The van der Waals surface area contributed by atoms with E-state index in [0.29, 0.717) is 33.0 Å². The maximum Gasteiger partial charge on any atom is 0.246 e. The molecule has 1 amide bonds. The van der Waals surface area contributed by atoms with Gasteiger partial charge in [-0.25, -0.2) is 14.6 Å². The second kappa shape index (κ2) is 8.74. The fourth-order valence-electron chi connectivity index (χ4n) is 3.74. The minimum absolute atomic E-state index is 0.0284. The highest BCUT2D eigenvalue weighted by atomic mass is 16.5. The monoisotopic (exact) mass is 446 g/mol. The maximum absolute atomic E-state index is 12.8. The van der Waals surface area contributed by atoms with Crippen LogP contribution in [0.15, 0.2) is 73.5 Å². The van der Waals surface area contributed by atoms with Crippen molar-refractivity contribution in [2.24, 2.45) is 0 Å². The number of carbonyl (C=O) groups excluding carboxylic acids is 1. The highest BCUT2D eigenvalue weighted by molar-refractivity contribution is 5.98. The van der Waals surface area contributed by atoms with Gasteiger partial charge in [0.2, 0.25) is 5.91 Å². The Kier molecular flexibility index (Phi) is 3.92. The molecule has 0 unspecified atom stereocenters. The zero-order valence-corrected chi connectivity index (χ0v) is 17.5. The highest BCUT2D eigenvalue weighted by Gasteiger charge is 2.28. The van der Waals surface area contributed by atoms with Gasteiger partial charge in [0.1, 0.15) is 29.3 Å². The Labute approximate surface area is 199 Å². The van der Waals surface area contributed by atoms with Crippen LogP contribution in [0.1, 0.15) is 27.1 Å². The van der Waals surface area contributed by atoms with Crippen LogP contribution < -0.4 is 10.5 Å². The molecule has 0 aliphatic carbocycles. The van der Waals surface area contributed by atoms with E-state index >= 15 is 0 Å². The number of ether oxygens (including phenoxy) is 1. The number of benzene rings is 2. The van der Waals surface area contributed by atoms with E-state index in [0.717, 1.165) is 0 Å². The Morgan fingerprint density at radius 3 is 2.82 bits per heavy atom. The number of amides is 1. The van der Waals surface area contributed by atoms with E-state index in [9.17, 15) is 6.17 Å². The third-order valence-corrected chi connectivity index (χ3v) is 5.31. The molecule has 166 valence electrons. The first-order valence-corrected chi connectivity index (χ1v) is 10.3. The third kappa shape index (κ3) is 4.03. The predicted molar refractivity (Wildman–Crippen MR) is 127 cm³/mol. The zero-order chi connectivity index (χ0) is 27.9. The van der Waals surface area contributed by atoms with Crippen LogP contribution in [0.3, 0.4) is 0 Å². The number of rotatable bonds is 5. The Hall–Kier alpha value is -4.20. The molecule has 1 aliphatic heterocycles. The first-order valence-electron chi connectivity index (χ1n) is 13.3. The smallest absolute Gasteiger partial charge is 0.246 e.